The van der Waals surface area contributed by atoms with Crippen LogP contribution in [-0.4, -0.2) is 42.1 Å². The van der Waals surface area contributed by atoms with E-state index in [0.29, 0.717) is 12.8 Å². The molecule has 1 rings (SSSR count). The van der Waals surface area contributed by atoms with Crippen molar-refractivity contribution in [3.63, 3.8) is 0 Å². The van der Waals surface area contributed by atoms with Crippen LogP contribution in [0, 0.1) is 5.92 Å². The summed E-state index contributed by atoms with van der Waals surface area (Å²) >= 11 is 0. The van der Waals surface area contributed by atoms with E-state index < -0.39 is 12.0 Å². The molecule has 3 atom stereocenters. The second-order valence-electron chi connectivity index (χ2n) is 7.39. The first-order valence-electron chi connectivity index (χ1n) is 10.5. The Kier molecular flexibility index (Phi) is 12.6. The lowest BCUT2D eigenvalue weighted by Gasteiger charge is -2.21. The Morgan fingerprint density at radius 1 is 1.16 bits per heavy atom. The molecule has 0 fully saturated rings. The van der Waals surface area contributed by atoms with Crippen molar-refractivity contribution in [2.24, 2.45) is 5.92 Å². The number of nitrogens with one attached hydrogen (secondary N) is 2. The Bertz CT molecular complexity index is 720. The van der Waals surface area contributed by atoms with Gasteiger partial charge < -0.3 is 20.5 Å². The fourth-order valence-electron chi connectivity index (χ4n) is 2.93. The van der Waals surface area contributed by atoms with E-state index in [0.717, 1.165) is 12.0 Å². The van der Waals surface area contributed by atoms with Crippen LogP contribution in [0.2, 0.25) is 0 Å². The van der Waals surface area contributed by atoms with E-state index >= 15 is 0 Å². The number of aliphatic hydroxyl groups excluding tert-OH is 1. The number of amides is 2. The first-order valence-corrected chi connectivity index (χ1v) is 10.5. The van der Waals surface area contributed by atoms with Gasteiger partial charge in [0.2, 0.25) is 11.8 Å². The minimum absolute atomic E-state index is 0.0282. The molecule has 0 aliphatic carbocycles. The fraction of sp³-hybridized carbons (Fsp3) is 0.458. The van der Waals surface area contributed by atoms with E-state index in [1.165, 1.54) is 0 Å². The molecule has 0 unspecified atom stereocenters. The first kappa shape index (κ1) is 26.1. The van der Waals surface area contributed by atoms with Crippen molar-refractivity contribution in [3.05, 3.63) is 61.2 Å². The van der Waals surface area contributed by atoms with Crippen molar-refractivity contribution < 1.29 is 24.2 Å². The van der Waals surface area contributed by atoms with E-state index in [9.17, 15) is 14.4 Å². The van der Waals surface area contributed by atoms with E-state index in [1.54, 1.807) is 19.1 Å². The molecule has 7 nitrogen and oxygen atoms in total. The zero-order valence-electron chi connectivity index (χ0n) is 18.2. The van der Waals surface area contributed by atoms with Crippen LogP contribution in [0.15, 0.2) is 55.6 Å². The normalized spacial score (nSPS) is 13.4. The van der Waals surface area contributed by atoms with Crippen molar-refractivity contribution >= 4 is 17.8 Å². The average Bonchev–Trinajstić information content (AvgIpc) is 2.76. The molecule has 0 saturated carbocycles. The van der Waals surface area contributed by atoms with Crippen LogP contribution in [0.3, 0.4) is 0 Å². The first-order chi connectivity index (χ1) is 14.9. The van der Waals surface area contributed by atoms with Crippen molar-refractivity contribution in [2.45, 2.75) is 51.2 Å². The number of carbonyl (C=O) groups excluding carboxylic acids is 3. The van der Waals surface area contributed by atoms with Crippen LogP contribution in [0.25, 0.3) is 0 Å². The number of ether oxygens (including phenoxy) is 1. The lowest BCUT2D eigenvalue weighted by atomic mass is 9.99. The van der Waals surface area contributed by atoms with Gasteiger partial charge in [-0.2, -0.15) is 0 Å². The molecule has 0 radical (unpaired) electrons. The van der Waals surface area contributed by atoms with Crippen molar-refractivity contribution in [1.29, 1.82) is 0 Å². The van der Waals surface area contributed by atoms with Crippen LogP contribution in [0.5, 0.6) is 0 Å². The Morgan fingerprint density at radius 3 is 2.48 bits per heavy atom. The van der Waals surface area contributed by atoms with Crippen LogP contribution in [0.1, 0.15) is 50.7 Å². The zero-order valence-corrected chi connectivity index (χ0v) is 18.2. The number of unbranched alkanes of at least 4 members (excludes halogenated alkanes) is 1. The van der Waals surface area contributed by atoms with E-state index in [-0.39, 0.29) is 49.8 Å². The highest BCUT2D eigenvalue weighted by Gasteiger charge is 2.24. The molecule has 0 saturated heterocycles. The summed E-state index contributed by atoms with van der Waals surface area (Å²) in [6.07, 6.45) is 4.64. The number of hydrogen-bond donors (Lipinski definition) is 3. The van der Waals surface area contributed by atoms with Gasteiger partial charge in [-0.3, -0.25) is 14.4 Å². The van der Waals surface area contributed by atoms with Gasteiger partial charge in [-0.1, -0.05) is 42.5 Å². The molecule has 0 aliphatic rings. The molecule has 31 heavy (non-hydrogen) atoms. The quantitative estimate of drug-likeness (QED) is 0.225. The van der Waals surface area contributed by atoms with E-state index in [2.05, 4.69) is 23.8 Å². The minimum Gasteiger partial charge on any atom is -0.456 e. The Morgan fingerprint density at radius 2 is 1.87 bits per heavy atom. The van der Waals surface area contributed by atoms with Crippen LogP contribution < -0.4 is 10.6 Å². The second-order valence-corrected chi connectivity index (χ2v) is 7.39. The van der Waals surface area contributed by atoms with Gasteiger partial charge in [-0.25, -0.2) is 0 Å². The molecule has 3 N–H and O–H groups in total. The maximum absolute atomic E-state index is 12.7. The van der Waals surface area contributed by atoms with Gasteiger partial charge in [0.25, 0.3) is 0 Å². The summed E-state index contributed by atoms with van der Waals surface area (Å²) in [5.74, 6) is -1.60. The van der Waals surface area contributed by atoms with Gasteiger partial charge in [0.1, 0.15) is 6.10 Å². The second kappa shape index (κ2) is 15.0. The topological polar surface area (TPSA) is 105 Å². The third kappa shape index (κ3) is 10.6. The number of benzene rings is 1. The molecule has 170 valence electrons. The Balaban J connectivity index is 2.75. The number of aliphatic hydroxyl groups is 1. The summed E-state index contributed by atoms with van der Waals surface area (Å²) < 4.78 is 5.61. The Hall–Kier alpha value is -2.93. The number of allylic oxidation sites excluding steroid dienone is 2. The van der Waals surface area contributed by atoms with Crippen molar-refractivity contribution in [2.75, 3.05) is 13.2 Å². The van der Waals surface area contributed by atoms with Gasteiger partial charge in [-0.15, -0.1) is 13.2 Å². The molecule has 0 aliphatic heterocycles. The lowest BCUT2D eigenvalue weighted by molar-refractivity contribution is -0.150. The standard InChI is InChI=1S/C24H34N2O5/c1-4-6-8-14-23(29)31-21(19-12-9-7-10-13-19)16-25-24(30)20(11-5-2)15-22(28)26-18(3)17-27/h4-5,7,9-10,12-13,18,20-21,27H,1-2,6,8,11,14-17H2,3H3,(H,25,30)(H,26,28)/t18-,20+,21-/m0/s1. The highest BCUT2D eigenvalue weighted by atomic mass is 16.5. The van der Waals surface area contributed by atoms with Gasteiger partial charge in [0.15, 0.2) is 0 Å². The maximum atomic E-state index is 12.7. The molecule has 0 bridgehead atoms. The smallest absolute Gasteiger partial charge is 0.306 e. The SMILES string of the molecule is C=CCCCC(=O)O[C@@H](CNC(=O)[C@H](CC=C)CC(=O)N[C@@H](C)CO)c1ccccc1. The highest BCUT2D eigenvalue weighted by molar-refractivity contribution is 5.86. The molecule has 1 aromatic rings. The summed E-state index contributed by atoms with van der Waals surface area (Å²) in [6, 6.07) is 8.81. The fourth-order valence-corrected chi connectivity index (χ4v) is 2.93. The number of rotatable bonds is 15. The third-order valence-electron chi connectivity index (χ3n) is 4.63. The summed E-state index contributed by atoms with van der Waals surface area (Å²) in [4.78, 5) is 37.0. The average molecular weight is 431 g/mol. The summed E-state index contributed by atoms with van der Waals surface area (Å²) in [6.45, 7) is 8.89. The number of carbonyl (C=O) groups is 3. The molecular weight excluding hydrogens is 396 g/mol. The molecule has 0 heterocycles. The van der Waals surface area contributed by atoms with Gasteiger partial charge in [0.05, 0.1) is 19.1 Å². The van der Waals surface area contributed by atoms with E-state index in [1.807, 2.05) is 30.3 Å². The van der Waals surface area contributed by atoms with Crippen molar-refractivity contribution in [1.82, 2.24) is 10.6 Å². The van der Waals surface area contributed by atoms with Gasteiger partial charge >= 0.3 is 5.97 Å². The van der Waals surface area contributed by atoms with Crippen LogP contribution in [-0.2, 0) is 19.1 Å². The monoisotopic (exact) mass is 430 g/mol. The molecule has 1 aromatic carbocycles. The number of hydrogen-bond acceptors (Lipinski definition) is 5. The molecular formula is C24H34N2O5. The maximum Gasteiger partial charge on any atom is 0.306 e. The van der Waals surface area contributed by atoms with E-state index in [4.69, 9.17) is 9.84 Å². The predicted molar refractivity (Wildman–Crippen MR) is 120 cm³/mol. The zero-order chi connectivity index (χ0) is 23.1. The van der Waals surface area contributed by atoms with Crippen LogP contribution in [0.4, 0.5) is 0 Å². The lowest BCUT2D eigenvalue weighted by Crippen LogP contribution is -2.40. The third-order valence-corrected chi connectivity index (χ3v) is 4.63. The van der Waals surface area contributed by atoms with Crippen molar-refractivity contribution in [3.8, 4) is 0 Å². The highest BCUT2D eigenvalue weighted by Crippen LogP contribution is 2.19. The molecule has 2 amide bonds. The summed E-state index contributed by atoms with van der Waals surface area (Å²) in [7, 11) is 0. The molecule has 7 heteroatoms. The molecule has 0 spiro atoms. The minimum atomic E-state index is -0.631. The summed E-state index contributed by atoms with van der Waals surface area (Å²) in [5, 5.41) is 14.5. The molecule has 0 aromatic heterocycles. The number of esters is 1. The predicted octanol–water partition coefficient (Wildman–Crippen LogP) is 2.82. The Labute approximate surface area is 184 Å². The largest absolute Gasteiger partial charge is 0.456 e. The van der Waals surface area contributed by atoms with Crippen LogP contribution >= 0.6 is 0 Å². The van der Waals surface area contributed by atoms with Gasteiger partial charge in [0, 0.05) is 18.9 Å². The summed E-state index contributed by atoms with van der Waals surface area (Å²) in [5.41, 5.74) is 0.773. The van der Waals surface area contributed by atoms with Gasteiger partial charge in [-0.05, 0) is 31.7 Å².